The fraction of sp³-hybridized carbons (Fsp3) is 0.167. The predicted octanol–water partition coefficient (Wildman–Crippen LogP) is 3.06. The molecule has 0 bridgehead atoms. The van der Waals surface area contributed by atoms with Gasteiger partial charge in [-0.05, 0) is 13.8 Å². The highest BCUT2D eigenvalue weighted by Gasteiger charge is 2.36. The molecule has 0 radical (unpaired) electrons. The molecular formula is C18H16O4. The summed E-state index contributed by atoms with van der Waals surface area (Å²) in [5, 5.41) is 0. The highest BCUT2D eigenvalue weighted by Crippen LogP contribution is 2.31. The second-order valence-corrected chi connectivity index (χ2v) is 5.00. The fourth-order valence-corrected chi connectivity index (χ4v) is 2.15. The van der Waals surface area contributed by atoms with Crippen molar-refractivity contribution in [1.82, 2.24) is 0 Å². The van der Waals surface area contributed by atoms with Gasteiger partial charge in [-0.3, -0.25) is 14.4 Å². The molecule has 1 aromatic rings. The first-order valence-corrected chi connectivity index (χ1v) is 6.80. The van der Waals surface area contributed by atoms with Crippen molar-refractivity contribution in [3.8, 4) is 0 Å². The number of carbonyl (C=O) groups is 3. The summed E-state index contributed by atoms with van der Waals surface area (Å²) < 4.78 is 5.54. The molecule has 1 atom stereocenters. The maximum absolute atomic E-state index is 12.7. The van der Waals surface area contributed by atoms with E-state index in [0.717, 1.165) is 0 Å². The summed E-state index contributed by atoms with van der Waals surface area (Å²) in [6.07, 6.45) is 1.02. The minimum atomic E-state index is -0.480. The van der Waals surface area contributed by atoms with E-state index in [1.165, 1.54) is 13.0 Å². The lowest BCUT2D eigenvalue weighted by molar-refractivity contribution is -0.113. The molecule has 2 rings (SSSR count). The van der Waals surface area contributed by atoms with Gasteiger partial charge in [0.05, 0.1) is 5.57 Å². The maximum atomic E-state index is 12.7. The van der Waals surface area contributed by atoms with Crippen LogP contribution in [0.4, 0.5) is 0 Å². The molecule has 0 aliphatic heterocycles. The molecule has 0 aromatic heterocycles. The van der Waals surface area contributed by atoms with Crippen LogP contribution in [0.5, 0.6) is 0 Å². The van der Waals surface area contributed by atoms with Crippen LogP contribution in [0.1, 0.15) is 34.6 Å². The number of benzene rings is 1. The molecule has 112 valence electrons. The van der Waals surface area contributed by atoms with Crippen molar-refractivity contribution >= 4 is 17.3 Å². The topological polar surface area (TPSA) is 60.4 Å². The normalized spacial score (nSPS) is 15.2. The highest BCUT2D eigenvalue weighted by molar-refractivity contribution is 6.30. The Bertz CT molecular complexity index is 737. The Balaban J connectivity index is 2.67. The van der Waals surface area contributed by atoms with Crippen LogP contribution in [0.2, 0.25) is 0 Å². The maximum Gasteiger partial charge on any atom is 0.229 e. The van der Waals surface area contributed by atoms with Gasteiger partial charge < -0.3 is 4.74 Å². The summed E-state index contributed by atoms with van der Waals surface area (Å²) >= 11 is 0. The van der Waals surface area contributed by atoms with Crippen LogP contribution < -0.4 is 0 Å². The van der Waals surface area contributed by atoms with E-state index in [-0.39, 0.29) is 33.8 Å². The van der Waals surface area contributed by atoms with Gasteiger partial charge in [-0.1, -0.05) is 43.5 Å². The van der Waals surface area contributed by atoms with Crippen LogP contribution in [0.15, 0.2) is 60.4 Å². The van der Waals surface area contributed by atoms with Crippen molar-refractivity contribution in [2.24, 2.45) is 0 Å². The summed E-state index contributed by atoms with van der Waals surface area (Å²) in [7, 11) is 0. The molecule has 0 saturated carbocycles. The van der Waals surface area contributed by atoms with Gasteiger partial charge in [0.1, 0.15) is 6.10 Å². The van der Waals surface area contributed by atoms with E-state index >= 15 is 0 Å². The van der Waals surface area contributed by atoms with Gasteiger partial charge in [0.15, 0.2) is 17.3 Å². The summed E-state index contributed by atoms with van der Waals surface area (Å²) in [4.78, 5) is 36.9. The van der Waals surface area contributed by atoms with Crippen molar-refractivity contribution in [2.45, 2.75) is 20.0 Å². The molecule has 4 heteroatoms. The Hall–Kier alpha value is -2.75. The third-order valence-corrected chi connectivity index (χ3v) is 3.44. The molecule has 1 aliphatic rings. The minimum Gasteiger partial charge on any atom is -0.482 e. The molecule has 1 unspecified atom stereocenters. The fourth-order valence-electron chi connectivity index (χ4n) is 2.15. The van der Waals surface area contributed by atoms with Crippen LogP contribution in [0.3, 0.4) is 0 Å². The van der Waals surface area contributed by atoms with E-state index in [2.05, 4.69) is 13.2 Å². The Morgan fingerprint density at radius 1 is 1.18 bits per heavy atom. The largest absolute Gasteiger partial charge is 0.482 e. The Morgan fingerprint density at radius 3 is 2.23 bits per heavy atom. The lowest BCUT2D eigenvalue weighted by Gasteiger charge is -2.23. The second-order valence-electron chi connectivity index (χ2n) is 5.00. The zero-order valence-corrected chi connectivity index (χ0v) is 12.5. The number of hydrogen-bond donors (Lipinski definition) is 0. The Labute approximate surface area is 128 Å². The number of hydrogen-bond acceptors (Lipinski definition) is 4. The van der Waals surface area contributed by atoms with Crippen molar-refractivity contribution in [3.63, 3.8) is 0 Å². The van der Waals surface area contributed by atoms with Gasteiger partial charge in [0.2, 0.25) is 5.78 Å². The van der Waals surface area contributed by atoms with Crippen molar-refractivity contribution in [2.75, 3.05) is 0 Å². The number of Topliss-reactive ketones (excluding diaryl/α,β-unsaturated/α-hetero) is 3. The number of carbonyl (C=O) groups excluding carboxylic acids is 3. The SMILES string of the molecule is C=CC(C)OC1=C(C(=C)C(C)=O)C(=O)c2ccccc2C1=O. The minimum absolute atomic E-state index is 0.0286. The van der Waals surface area contributed by atoms with Gasteiger partial charge in [0.25, 0.3) is 0 Å². The molecule has 0 heterocycles. The molecule has 0 fully saturated rings. The molecule has 0 saturated heterocycles. The third-order valence-electron chi connectivity index (χ3n) is 3.44. The van der Waals surface area contributed by atoms with Crippen LogP contribution in [0.25, 0.3) is 0 Å². The van der Waals surface area contributed by atoms with Gasteiger partial charge in [0, 0.05) is 16.7 Å². The highest BCUT2D eigenvalue weighted by atomic mass is 16.5. The first-order valence-electron chi connectivity index (χ1n) is 6.80. The smallest absolute Gasteiger partial charge is 0.229 e. The quantitative estimate of drug-likeness (QED) is 0.619. The number of rotatable bonds is 5. The molecular weight excluding hydrogens is 280 g/mol. The second kappa shape index (κ2) is 5.93. The molecule has 22 heavy (non-hydrogen) atoms. The summed E-state index contributed by atoms with van der Waals surface area (Å²) in [5.74, 6) is -1.39. The monoisotopic (exact) mass is 296 g/mol. The molecule has 0 amide bonds. The first kappa shape index (κ1) is 15.6. The summed E-state index contributed by atoms with van der Waals surface area (Å²) in [6.45, 7) is 10.2. The molecule has 4 nitrogen and oxygen atoms in total. The third kappa shape index (κ3) is 2.55. The van der Waals surface area contributed by atoms with E-state index in [9.17, 15) is 14.4 Å². The first-order chi connectivity index (χ1) is 10.4. The zero-order chi connectivity index (χ0) is 16.4. The van der Waals surface area contributed by atoms with Crippen LogP contribution in [0, 0.1) is 0 Å². The van der Waals surface area contributed by atoms with Crippen LogP contribution in [-0.4, -0.2) is 23.5 Å². The lowest BCUT2D eigenvalue weighted by atomic mass is 9.84. The van der Waals surface area contributed by atoms with E-state index in [1.54, 1.807) is 31.2 Å². The summed E-state index contributed by atoms with van der Waals surface area (Å²) in [6, 6.07) is 6.45. The standard InChI is InChI=1S/C18H16O4/c1-5-10(2)22-18-15(11(3)12(4)19)16(20)13-8-6-7-9-14(13)17(18)21/h5-10H,1,3H2,2,4H3. The van der Waals surface area contributed by atoms with E-state index in [4.69, 9.17) is 4.74 Å². The van der Waals surface area contributed by atoms with Crippen molar-refractivity contribution in [1.29, 1.82) is 0 Å². The van der Waals surface area contributed by atoms with Gasteiger partial charge >= 0.3 is 0 Å². The van der Waals surface area contributed by atoms with Gasteiger partial charge in [-0.2, -0.15) is 0 Å². The molecule has 0 spiro atoms. The van der Waals surface area contributed by atoms with Crippen molar-refractivity contribution in [3.05, 3.63) is 71.5 Å². The Morgan fingerprint density at radius 2 is 1.73 bits per heavy atom. The van der Waals surface area contributed by atoms with Crippen LogP contribution in [-0.2, 0) is 9.53 Å². The van der Waals surface area contributed by atoms with E-state index in [0.29, 0.717) is 0 Å². The number of allylic oxidation sites excluding steroid dienone is 3. The van der Waals surface area contributed by atoms with E-state index < -0.39 is 17.7 Å². The number of ether oxygens (including phenoxy) is 1. The van der Waals surface area contributed by atoms with Gasteiger partial charge in [-0.25, -0.2) is 0 Å². The molecule has 0 N–H and O–H groups in total. The average Bonchev–Trinajstić information content (AvgIpc) is 2.51. The molecule has 1 aliphatic carbocycles. The summed E-state index contributed by atoms with van der Waals surface area (Å²) in [5.41, 5.74) is 0.423. The molecule has 1 aromatic carbocycles. The van der Waals surface area contributed by atoms with E-state index in [1.807, 2.05) is 0 Å². The zero-order valence-electron chi connectivity index (χ0n) is 12.5. The van der Waals surface area contributed by atoms with Crippen molar-refractivity contribution < 1.29 is 19.1 Å². The van der Waals surface area contributed by atoms with Gasteiger partial charge in [-0.15, -0.1) is 0 Å². The predicted molar refractivity (Wildman–Crippen MR) is 82.7 cm³/mol. The Kier molecular flexibility index (Phi) is 4.22. The lowest BCUT2D eigenvalue weighted by Crippen LogP contribution is -2.27. The average molecular weight is 296 g/mol. The number of fused-ring (bicyclic) bond motifs is 1. The number of ketones is 3. The van der Waals surface area contributed by atoms with Crippen LogP contribution >= 0.6 is 0 Å².